The Morgan fingerprint density at radius 3 is 2.77 bits per heavy atom. The quantitative estimate of drug-likeness (QED) is 0.628. The Balaban J connectivity index is 1.49. The molecule has 156 valence electrons. The molecule has 0 bridgehead atoms. The standard InChI is InChI=1S/C22H23ClFN5O/c1-14-12-26-21(11-20(14)29-9-8-25-13-29)27-18-4-2-3-5-19(18)28-22(30)15-6-7-17(24)16(23)10-15/h6-13,18-19H,2-5H2,1H3,(H,26,27)(H,28,30). The summed E-state index contributed by atoms with van der Waals surface area (Å²) in [4.78, 5) is 21.3. The lowest BCUT2D eigenvalue weighted by atomic mass is 9.90. The van der Waals surface area contributed by atoms with Gasteiger partial charge in [0.05, 0.1) is 17.0 Å². The second-order valence-electron chi connectivity index (χ2n) is 7.57. The van der Waals surface area contributed by atoms with Crippen LogP contribution in [0.15, 0.2) is 49.2 Å². The van der Waals surface area contributed by atoms with Crippen molar-refractivity contribution in [2.45, 2.75) is 44.7 Å². The Morgan fingerprint density at radius 1 is 1.23 bits per heavy atom. The third-order valence-electron chi connectivity index (χ3n) is 5.45. The minimum atomic E-state index is -0.537. The van der Waals surface area contributed by atoms with Crippen LogP contribution in [0.5, 0.6) is 0 Å². The first-order chi connectivity index (χ1) is 14.5. The number of rotatable bonds is 5. The van der Waals surface area contributed by atoms with Gasteiger partial charge in [-0.2, -0.15) is 0 Å². The van der Waals surface area contributed by atoms with Crippen molar-refractivity contribution >= 4 is 23.3 Å². The third kappa shape index (κ3) is 4.46. The number of anilines is 1. The molecule has 0 radical (unpaired) electrons. The molecule has 2 unspecified atom stereocenters. The Labute approximate surface area is 179 Å². The Morgan fingerprint density at radius 2 is 2.03 bits per heavy atom. The highest BCUT2D eigenvalue weighted by Gasteiger charge is 2.27. The summed E-state index contributed by atoms with van der Waals surface area (Å²) in [6.07, 6.45) is 11.1. The van der Waals surface area contributed by atoms with Crippen molar-refractivity contribution in [1.82, 2.24) is 19.9 Å². The predicted molar refractivity (Wildman–Crippen MR) is 115 cm³/mol. The van der Waals surface area contributed by atoms with Crippen LogP contribution in [-0.2, 0) is 0 Å². The van der Waals surface area contributed by atoms with Gasteiger partial charge in [0, 0.05) is 42.3 Å². The van der Waals surface area contributed by atoms with Gasteiger partial charge in [-0.1, -0.05) is 24.4 Å². The fourth-order valence-corrected chi connectivity index (χ4v) is 4.01. The number of nitrogens with one attached hydrogen (secondary N) is 2. The minimum Gasteiger partial charge on any atom is -0.365 e. The highest BCUT2D eigenvalue weighted by atomic mass is 35.5. The largest absolute Gasteiger partial charge is 0.365 e. The monoisotopic (exact) mass is 427 g/mol. The second kappa shape index (κ2) is 8.83. The molecule has 1 aliphatic carbocycles. The average Bonchev–Trinajstić information content (AvgIpc) is 3.27. The molecule has 6 nitrogen and oxygen atoms in total. The lowest BCUT2D eigenvalue weighted by Crippen LogP contribution is -2.48. The number of hydrogen-bond donors (Lipinski definition) is 2. The maximum Gasteiger partial charge on any atom is 0.251 e. The Bertz CT molecular complexity index is 1040. The molecule has 8 heteroatoms. The van der Waals surface area contributed by atoms with E-state index in [9.17, 15) is 9.18 Å². The summed E-state index contributed by atoms with van der Waals surface area (Å²) in [5.41, 5.74) is 2.39. The van der Waals surface area contributed by atoms with Gasteiger partial charge >= 0.3 is 0 Å². The first-order valence-corrected chi connectivity index (χ1v) is 10.4. The maximum atomic E-state index is 13.4. The molecule has 0 saturated heterocycles. The van der Waals surface area contributed by atoms with Crippen LogP contribution in [0.1, 0.15) is 41.6 Å². The zero-order valence-corrected chi connectivity index (χ0v) is 17.4. The van der Waals surface area contributed by atoms with E-state index < -0.39 is 5.82 Å². The van der Waals surface area contributed by atoms with Gasteiger partial charge in [0.25, 0.3) is 5.91 Å². The SMILES string of the molecule is Cc1cnc(NC2CCCCC2NC(=O)c2ccc(F)c(Cl)c2)cc1-n1ccnc1. The molecule has 1 aliphatic rings. The summed E-state index contributed by atoms with van der Waals surface area (Å²) < 4.78 is 15.3. The summed E-state index contributed by atoms with van der Waals surface area (Å²) in [5.74, 6) is -0.0450. The van der Waals surface area contributed by atoms with E-state index in [1.54, 1.807) is 12.5 Å². The van der Waals surface area contributed by atoms with Crippen molar-refractivity contribution in [1.29, 1.82) is 0 Å². The average molecular weight is 428 g/mol. The molecule has 2 N–H and O–H groups in total. The van der Waals surface area contributed by atoms with Gasteiger partial charge in [-0.25, -0.2) is 14.4 Å². The number of halogens is 2. The fraction of sp³-hybridized carbons (Fsp3) is 0.318. The van der Waals surface area contributed by atoms with Gasteiger partial charge in [-0.3, -0.25) is 4.79 Å². The topological polar surface area (TPSA) is 71.8 Å². The Hall–Kier alpha value is -2.93. The second-order valence-corrected chi connectivity index (χ2v) is 7.98. The van der Waals surface area contributed by atoms with E-state index in [-0.39, 0.29) is 23.0 Å². The van der Waals surface area contributed by atoms with E-state index in [1.165, 1.54) is 18.2 Å². The van der Waals surface area contributed by atoms with Crippen LogP contribution in [0, 0.1) is 12.7 Å². The molecule has 3 aromatic rings. The summed E-state index contributed by atoms with van der Waals surface area (Å²) in [5, 5.41) is 6.51. The molecular formula is C22H23ClFN5O. The highest BCUT2D eigenvalue weighted by Crippen LogP contribution is 2.24. The molecule has 2 heterocycles. The molecule has 0 aliphatic heterocycles. The fourth-order valence-electron chi connectivity index (χ4n) is 3.83. The number of carbonyl (C=O) groups is 1. The van der Waals surface area contributed by atoms with E-state index in [4.69, 9.17) is 11.6 Å². The molecular weight excluding hydrogens is 405 g/mol. The van der Waals surface area contributed by atoms with Crippen molar-refractivity contribution in [3.63, 3.8) is 0 Å². The number of carbonyl (C=O) groups excluding carboxylic acids is 1. The van der Waals surface area contributed by atoms with Gasteiger partial charge in [0.2, 0.25) is 0 Å². The molecule has 4 rings (SSSR count). The van der Waals surface area contributed by atoms with Gasteiger partial charge in [-0.15, -0.1) is 0 Å². The number of aryl methyl sites for hydroxylation is 1. The van der Waals surface area contributed by atoms with Gasteiger partial charge in [0.1, 0.15) is 11.6 Å². The van der Waals surface area contributed by atoms with Crippen molar-refractivity contribution in [3.8, 4) is 5.69 Å². The zero-order chi connectivity index (χ0) is 21.1. The van der Waals surface area contributed by atoms with E-state index in [1.807, 2.05) is 30.0 Å². The smallest absolute Gasteiger partial charge is 0.251 e. The van der Waals surface area contributed by atoms with E-state index in [2.05, 4.69) is 20.6 Å². The molecule has 2 atom stereocenters. The molecule has 1 saturated carbocycles. The maximum absolute atomic E-state index is 13.4. The highest BCUT2D eigenvalue weighted by molar-refractivity contribution is 6.31. The zero-order valence-electron chi connectivity index (χ0n) is 16.6. The first kappa shape index (κ1) is 20.3. The van der Waals surface area contributed by atoms with Crippen LogP contribution in [0.25, 0.3) is 5.69 Å². The summed E-state index contributed by atoms with van der Waals surface area (Å²) >= 11 is 5.82. The van der Waals surface area contributed by atoms with Crippen LogP contribution in [0.4, 0.5) is 10.2 Å². The molecule has 30 heavy (non-hydrogen) atoms. The van der Waals surface area contributed by atoms with Crippen molar-refractivity contribution < 1.29 is 9.18 Å². The van der Waals surface area contributed by atoms with E-state index in [0.717, 1.165) is 42.8 Å². The molecule has 1 fully saturated rings. The van der Waals surface area contributed by atoms with Gasteiger partial charge < -0.3 is 15.2 Å². The number of pyridine rings is 1. The first-order valence-electron chi connectivity index (χ1n) is 9.98. The minimum absolute atomic E-state index is 0.0458. The molecule has 2 aromatic heterocycles. The number of benzene rings is 1. The lowest BCUT2D eigenvalue weighted by Gasteiger charge is -2.33. The summed E-state index contributed by atoms with van der Waals surface area (Å²) in [6.45, 7) is 2.00. The predicted octanol–water partition coefficient (Wildman–Crippen LogP) is 4.52. The van der Waals surface area contributed by atoms with E-state index >= 15 is 0 Å². The van der Waals surface area contributed by atoms with Crippen molar-refractivity contribution in [2.75, 3.05) is 5.32 Å². The van der Waals surface area contributed by atoms with Crippen LogP contribution < -0.4 is 10.6 Å². The van der Waals surface area contributed by atoms with Crippen molar-refractivity contribution in [2.24, 2.45) is 0 Å². The van der Waals surface area contributed by atoms with E-state index in [0.29, 0.717) is 5.56 Å². The molecule has 1 aromatic carbocycles. The van der Waals surface area contributed by atoms with Crippen molar-refractivity contribution in [3.05, 3.63) is 71.2 Å². The van der Waals surface area contributed by atoms with Crippen LogP contribution in [0.2, 0.25) is 5.02 Å². The van der Waals surface area contributed by atoms with Gasteiger partial charge in [-0.05, 0) is 43.5 Å². The third-order valence-corrected chi connectivity index (χ3v) is 5.74. The summed E-state index contributed by atoms with van der Waals surface area (Å²) in [6, 6.07) is 5.99. The molecule has 0 spiro atoms. The van der Waals surface area contributed by atoms with Crippen LogP contribution in [-0.4, -0.2) is 32.5 Å². The summed E-state index contributed by atoms with van der Waals surface area (Å²) in [7, 11) is 0. The Kier molecular flexibility index (Phi) is 5.99. The molecule has 1 amide bonds. The normalized spacial score (nSPS) is 18.8. The van der Waals surface area contributed by atoms with Crippen LogP contribution >= 0.6 is 11.6 Å². The lowest BCUT2D eigenvalue weighted by molar-refractivity contribution is 0.0923. The number of hydrogen-bond acceptors (Lipinski definition) is 4. The number of nitrogens with zero attached hydrogens (tertiary/aromatic N) is 3. The number of aromatic nitrogens is 3. The number of imidazole rings is 1. The van der Waals surface area contributed by atoms with Gasteiger partial charge in [0.15, 0.2) is 0 Å². The van der Waals surface area contributed by atoms with Crippen LogP contribution in [0.3, 0.4) is 0 Å². The number of amides is 1.